The zero-order chi connectivity index (χ0) is 13.4. The molecule has 0 saturated carbocycles. The van der Waals surface area contributed by atoms with Crippen LogP contribution in [-0.4, -0.2) is 26.1 Å². The molecule has 0 fully saturated rings. The summed E-state index contributed by atoms with van der Waals surface area (Å²) in [5.41, 5.74) is 0.873. The molecule has 0 bridgehead atoms. The van der Waals surface area contributed by atoms with Gasteiger partial charge >= 0.3 is 0 Å². The third kappa shape index (κ3) is 4.62. The lowest BCUT2D eigenvalue weighted by Crippen LogP contribution is -2.29. The average Bonchev–Trinajstić information content (AvgIpc) is 2.36. The monoisotopic (exact) mass is 267 g/mol. The largest absolute Gasteiger partial charge is 0.483 e. The van der Waals surface area contributed by atoms with Gasteiger partial charge in [0.05, 0.1) is 6.07 Å². The van der Waals surface area contributed by atoms with Gasteiger partial charge in [0.25, 0.3) is 5.91 Å². The SMILES string of the molecule is CNCc1cc(Cl)ccc1OCC(=O)NCC#N. The van der Waals surface area contributed by atoms with Crippen molar-refractivity contribution in [3.63, 3.8) is 0 Å². The fraction of sp³-hybridized carbons (Fsp3) is 0.333. The van der Waals surface area contributed by atoms with Crippen LogP contribution < -0.4 is 15.4 Å². The van der Waals surface area contributed by atoms with E-state index in [4.69, 9.17) is 21.6 Å². The summed E-state index contributed by atoms with van der Waals surface area (Å²) in [6.07, 6.45) is 0. The van der Waals surface area contributed by atoms with Crippen molar-refractivity contribution in [2.24, 2.45) is 0 Å². The Kier molecular flexibility index (Phi) is 5.98. The standard InChI is InChI=1S/C12H14ClN3O2/c1-15-7-9-6-10(13)2-3-11(9)18-8-12(17)16-5-4-14/h2-3,6,15H,5,7-8H2,1H3,(H,16,17). The molecular weight excluding hydrogens is 254 g/mol. The second-order valence-electron chi connectivity index (χ2n) is 3.51. The van der Waals surface area contributed by atoms with Crippen molar-refractivity contribution in [1.29, 1.82) is 5.26 Å². The highest BCUT2D eigenvalue weighted by molar-refractivity contribution is 6.30. The lowest BCUT2D eigenvalue weighted by molar-refractivity contribution is -0.122. The number of carbonyl (C=O) groups excluding carboxylic acids is 1. The van der Waals surface area contributed by atoms with Crippen LogP contribution in [0, 0.1) is 11.3 Å². The Bertz CT molecular complexity index is 457. The van der Waals surface area contributed by atoms with E-state index in [0.717, 1.165) is 5.56 Å². The minimum atomic E-state index is -0.332. The number of ether oxygens (including phenoxy) is 1. The summed E-state index contributed by atoms with van der Waals surface area (Å²) in [7, 11) is 1.81. The molecule has 0 aliphatic rings. The molecule has 0 spiro atoms. The topological polar surface area (TPSA) is 74.2 Å². The van der Waals surface area contributed by atoms with Crippen molar-refractivity contribution in [2.45, 2.75) is 6.54 Å². The Balaban J connectivity index is 2.61. The first-order chi connectivity index (χ1) is 8.67. The predicted octanol–water partition coefficient (Wildman–Crippen LogP) is 1.08. The zero-order valence-corrected chi connectivity index (χ0v) is 10.8. The first-order valence-electron chi connectivity index (χ1n) is 5.37. The fourth-order valence-electron chi connectivity index (χ4n) is 1.35. The highest BCUT2D eigenvalue weighted by atomic mass is 35.5. The third-order valence-electron chi connectivity index (χ3n) is 2.11. The summed E-state index contributed by atoms with van der Waals surface area (Å²) >= 11 is 5.89. The highest BCUT2D eigenvalue weighted by Gasteiger charge is 2.07. The number of carbonyl (C=O) groups is 1. The Morgan fingerprint density at radius 3 is 3.00 bits per heavy atom. The van der Waals surface area contributed by atoms with Crippen LogP contribution in [0.4, 0.5) is 0 Å². The molecular formula is C12H14ClN3O2. The van der Waals surface area contributed by atoms with Gasteiger partial charge in [-0.1, -0.05) is 11.6 Å². The maximum absolute atomic E-state index is 11.3. The molecule has 18 heavy (non-hydrogen) atoms. The van der Waals surface area contributed by atoms with Gasteiger partial charge in [-0.3, -0.25) is 4.79 Å². The van der Waals surface area contributed by atoms with E-state index in [-0.39, 0.29) is 19.1 Å². The van der Waals surface area contributed by atoms with Crippen LogP contribution >= 0.6 is 11.6 Å². The molecule has 0 saturated heterocycles. The molecule has 5 nitrogen and oxygen atoms in total. The number of halogens is 1. The molecule has 6 heteroatoms. The quantitative estimate of drug-likeness (QED) is 0.757. The van der Waals surface area contributed by atoms with E-state index in [1.807, 2.05) is 13.1 Å². The van der Waals surface area contributed by atoms with E-state index >= 15 is 0 Å². The van der Waals surface area contributed by atoms with E-state index in [1.165, 1.54) is 0 Å². The summed E-state index contributed by atoms with van der Waals surface area (Å²) in [6, 6.07) is 7.01. The Morgan fingerprint density at radius 1 is 1.56 bits per heavy atom. The van der Waals surface area contributed by atoms with E-state index in [2.05, 4.69) is 10.6 Å². The summed E-state index contributed by atoms with van der Waals surface area (Å²) in [6.45, 7) is 0.446. The average molecular weight is 268 g/mol. The van der Waals surface area contributed by atoms with Crippen LogP contribution in [0.25, 0.3) is 0 Å². The minimum Gasteiger partial charge on any atom is -0.483 e. The first kappa shape index (κ1) is 14.3. The first-order valence-corrected chi connectivity index (χ1v) is 5.74. The van der Waals surface area contributed by atoms with Crippen LogP contribution in [0.3, 0.4) is 0 Å². The van der Waals surface area contributed by atoms with Crippen molar-refractivity contribution in [1.82, 2.24) is 10.6 Å². The number of nitrogens with one attached hydrogen (secondary N) is 2. The second kappa shape index (κ2) is 7.54. The highest BCUT2D eigenvalue weighted by Crippen LogP contribution is 2.22. The van der Waals surface area contributed by atoms with Gasteiger partial charge in [-0.15, -0.1) is 0 Å². The molecule has 0 aliphatic carbocycles. The van der Waals surface area contributed by atoms with Gasteiger partial charge in [-0.25, -0.2) is 0 Å². The molecule has 0 radical (unpaired) electrons. The molecule has 1 aromatic rings. The van der Waals surface area contributed by atoms with E-state index < -0.39 is 0 Å². The van der Waals surface area contributed by atoms with Gasteiger partial charge in [0.1, 0.15) is 12.3 Å². The minimum absolute atomic E-state index is 0.0216. The van der Waals surface area contributed by atoms with E-state index in [9.17, 15) is 4.79 Å². The molecule has 2 N–H and O–H groups in total. The van der Waals surface area contributed by atoms with Crippen LogP contribution in [0.2, 0.25) is 5.02 Å². The molecule has 0 heterocycles. The number of nitrogens with zero attached hydrogens (tertiary/aromatic N) is 1. The molecule has 0 aliphatic heterocycles. The molecule has 0 aromatic heterocycles. The zero-order valence-electron chi connectivity index (χ0n) is 10.00. The molecule has 1 rings (SSSR count). The maximum Gasteiger partial charge on any atom is 0.258 e. The lowest BCUT2D eigenvalue weighted by Gasteiger charge is -2.11. The molecule has 0 unspecified atom stereocenters. The summed E-state index contributed by atoms with van der Waals surface area (Å²) in [5, 5.41) is 14.3. The van der Waals surface area contributed by atoms with Crippen LogP contribution in [0.15, 0.2) is 18.2 Å². The Labute approximate surface area is 111 Å². The summed E-state index contributed by atoms with van der Waals surface area (Å²) in [4.78, 5) is 11.3. The van der Waals surface area contributed by atoms with E-state index in [1.54, 1.807) is 18.2 Å². The molecule has 96 valence electrons. The maximum atomic E-state index is 11.3. The fourth-order valence-corrected chi connectivity index (χ4v) is 1.54. The number of hydrogen-bond acceptors (Lipinski definition) is 4. The lowest BCUT2D eigenvalue weighted by atomic mass is 10.2. The van der Waals surface area contributed by atoms with Crippen molar-refractivity contribution < 1.29 is 9.53 Å². The van der Waals surface area contributed by atoms with Gasteiger partial charge in [-0.05, 0) is 25.2 Å². The van der Waals surface area contributed by atoms with Gasteiger partial charge in [-0.2, -0.15) is 5.26 Å². The molecule has 1 aromatic carbocycles. The number of nitriles is 1. The summed E-state index contributed by atoms with van der Waals surface area (Å²) < 4.78 is 5.38. The Hall–Kier alpha value is -1.77. The third-order valence-corrected chi connectivity index (χ3v) is 2.35. The van der Waals surface area contributed by atoms with E-state index in [0.29, 0.717) is 17.3 Å². The van der Waals surface area contributed by atoms with Crippen LogP contribution in [-0.2, 0) is 11.3 Å². The van der Waals surface area contributed by atoms with Gasteiger partial charge < -0.3 is 15.4 Å². The van der Waals surface area contributed by atoms with Crippen LogP contribution in [0.5, 0.6) is 5.75 Å². The molecule has 0 atom stereocenters. The Morgan fingerprint density at radius 2 is 2.33 bits per heavy atom. The number of hydrogen-bond donors (Lipinski definition) is 2. The normalized spacial score (nSPS) is 9.61. The van der Waals surface area contributed by atoms with Gasteiger partial charge in [0.2, 0.25) is 0 Å². The van der Waals surface area contributed by atoms with Crippen molar-refractivity contribution >= 4 is 17.5 Å². The van der Waals surface area contributed by atoms with Crippen molar-refractivity contribution in [3.05, 3.63) is 28.8 Å². The van der Waals surface area contributed by atoms with Crippen molar-refractivity contribution in [2.75, 3.05) is 20.2 Å². The predicted molar refractivity (Wildman–Crippen MR) is 68.3 cm³/mol. The smallest absolute Gasteiger partial charge is 0.258 e. The van der Waals surface area contributed by atoms with Gasteiger partial charge in [0.15, 0.2) is 6.61 Å². The second-order valence-corrected chi connectivity index (χ2v) is 3.94. The van der Waals surface area contributed by atoms with Crippen LogP contribution in [0.1, 0.15) is 5.56 Å². The summed E-state index contributed by atoms with van der Waals surface area (Å²) in [5.74, 6) is 0.266. The number of amides is 1. The number of rotatable bonds is 6. The van der Waals surface area contributed by atoms with Gasteiger partial charge in [0, 0.05) is 17.1 Å². The van der Waals surface area contributed by atoms with Crippen molar-refractivity contribution in [3.8, 4) is 11.8 Å². The molecule has 1 amide bonds. The number of benzene rings is 1.